The van der Waals surface area contributed by atoms with Gasteiger partial charge in [0.1, 0.15) is 11.7 Å². The van der Waals surface area contributed by atoms with Gasteiger partial charge in [-0.05, 0) is 36.4 Å². The molecule has 0 radical (unpaired) electrons. The third-order valence-corrected chi connectivity index (χ3v) is 2.78. The van der Waals surface area contributed by atoms with Gasteiger partial charge >= 0.3 is 0 Å². The molecule has 0 heterocycles. The van der Waals surface area contributed by atoms with Gasteiger partial charge in [-0.1, -0.05) is 12.1 Å². The van der Waals surface area contributed by atoms with Crippen LogP contribution in [0.1, 0.15) is 5.56 Å². The second-order valence-corrected chi connectivity index (χ2v) is 3.97. The lowest BCUT2D eigenvalue weighted by atomic mass is 10.1. The molecule has 0 spiro atoms. The Hall–Kier alpha value is -2.36. The van der Waals surface area contributed by atoms with Crippen LogP contribution in [-0.2, 0) is 0 Å². The van der Waals surface area contributed by atoms with Crippen molar-refractivity contribution in [3.63, 3.8) is 0 Å². The van der Waals surface area contributed by atoms with E-state index in [0.717, 1.165) is 5.69 Å². The Balaban J connectivity index is 2.32. The highest BCUT2D eigenvalue weighted by Gasteiger charge is 2.08. The molecule has 0 aliphatic heterocycles. The Labute approximate surface area is 105 Å². The first-order valence-electron chi connectivity index (χ1n) is 5.52. The summed E-state index contributed by atoms with van der Waals surface area (Å²) >= 11 is 0. The first-order valence-corrected chi connectivity index (χ1v) is 5.52. The zero-order valence-electron chi connectivity index (χ0n) is 10.0. The summed E-state index contributed by atoms with van der Waals surface area (Å²) in [4.78, 5) is 1.75. The van der Waals surface area contributed by atoms with Crippen molar-refractivity contribution in [3.8, 4) is 0 Å². The minimum atomic E-state index is -0.268. The number of amidine groups is 1. The Morgan fingerprint density at radius 3 is 2.28 bits per heavy atom. The second-order valence-electron chi connectivity index (χ2n) is 3.97. The summed E-state index contributed by atoms with van der Waals surface area (Å²) in [5.41, 5.74) is 7.38. The molecule has 0 fully saturated rings. The van der Waals surface area contributed by atoms with E-state index >= 15 is 0 Å². The number of nitrogen functional groups attached to an aromatic ring is 1. The molecule has 0 saturated carbocycles. The Kier molecular flexibility index (Phi) is 3.28. The number of anilines is 2. The van der Waals surface area contributed by atoms with Crippen LogP contribution in [0, 0.1) is 11.2 Å². The molecule has 2 rings (SSSR count). The molecule has 18 heavy (non-hydrogen) atoms. The van der Waals surface area contributed by atoms with Gasteiger partial charge in [0.25, 0.3) is 0 Å². The van der Waals surface area contributed by atoms with Crippen molar-refractivity contribution in [1.82, 2.24) is 0 Å². The number of nitrogens with one attached hydrogen (secondary N) is 1. The van der Waals surface area contributed by atoms with Crippen LogP contribution in [0.4, 0.5) is 15.8 Å². The summed E-state index contributed by atoms with van der Waals surface area (Å²) in [5.74, 6) is -0.245. The maximum Gasteiger partial charge on any atom is 0.146 e. The highest BCUT2D eigenvalue weighted by Crippen LogP contribution is 2.25. The van der Waals surface area contributed by atoms with Crippen molar-refractivity contribution >= 4 is 17.2 Å². The lowest BCUT2D eigenvalue weighted by Crippen LogP contribution is -2.13. The fourth-order valence-corrected chi connectivity index (χ4v) is 1.73. The molecule has 92 valence electrons. The van der Waals surface area contributed by atoms with E-state index in [1.807, 2.05) is 12.1 Å². The van der Waals surface area contributed by atoms with E-state index in [-0.39, 0.29) is 11.7 Å². The van der Waals surface area contributed by atoms with Gasteiger partial charge in [0.2, 0.25) is 0 Å². The molecule has 4 heteroatoms. The highest BCUT2D eigenvalue weighted by atomic mass is 19.1. The number of nitrogens with zero attached hydrogens (tertiary/aromatic N) is 1. The molecule has 2 aromatic carbocycles. The minimum absolute atomic E-state index is 0.0232. The van der Waals surface area contributed by atoms with E-state index in [9.17, 15) is 4.39 Å². The minimum Gasteiger partial charge on any atom is -0.384 e. The molecular formula is C14H14FN3. The third-order valence-electron chi connectivity index (χ3n) is 2.78. The van der Waals surface area contributed by atoms with Crippen LogP contribution < -0.4 is 10.6 Å². The molecule has 0 aliphatic carbocycles. The van der Waals surface area contributed by atoms with Gasteiger partial charge in [0.05, 0.1) is 5.69 Å². The molecule has 0 saturated heterocycles. The fourth-order valence-electron chi connectivity index (χ4n) is 1.73. The Morgan fingerprint density at radius 2 is 1.72 bits per heavy atom. The molecule has 3 N–H and O–H groups in total. The number of hydrogen-bond acceptors (Lipinski definition) is 2. The van der Waals surface area contributed by atoms with Gasteiger partial charge in [0, 0.05) is 18.3 Å². The molecule has 3 nitrogen and oxygen atoms in total. The van der Waals surface area contributed by atoms with E-state index in [4.69, 9.17) is 11.1 Å². The maximum atomic E-state index is 13.6. The summed E-state index contributed by atoms with van der Waals surface area (Å²) in [7, 11) is 1.79. The van der Waals surface area contributed by atoms with E-state index in [0.29, 0.717) is 11.3 Å². The van der Waals surface area contributed by atoms with Crippen LogP contribution in [0.2, 0.25) is 0 Å². The van der Waals surface area contributed by atoms with Gasteiger partial charge in [-0.15, -0.1) is 0 Å². The van der Waals surface area contributed by atoms with E-state index < -0.39 is 0 Å². The molecule has 0 aliphatic rings. The maximum absolute atomic E-state index is 13.6. The number of benzene rings is 2. The topological polar surface area (TPSA) is 53.1 Å². The van der Waals surface area contributed by atoms with Crippen molar-refractivity contribution < 1.29 is 4.39 Å². The highest BCUT2D eigenvalue weighted by molar-refractivity contribution is 5.95. The summed E-state index contributed by atoms with van der Waals surface area (Å²) in [6, 6.07) is 13.7. The van der Waals surface area contributed by atoms with Gasteiger partial charge in [0.15, 0.2) is 0 Å². The molecule has 0 amide bonds. The zero-order valence-corrected chi connectivity index (χ0v) is 10.0. The Morgan fingerprint density at radius 1 is 1.11 bits per heavy atom. The third kappa shape index (κ3) is 2.32. The molecule has 0 bridgehead atoms. The van der Waals surface area contributed by atoms with Gasteiger partial charge in [-0.25, -0.2) is 4.39 Å². The average molecular weight is 243 g/mol. The van der Waals surface area contributed by atoms with Crippen LogP contribution in [-0.4, -0.2) is 12.9 Å². The second kappa shape index (κ2) is 4.87. The van der Waals surface area contributed by atoms with E-state index in [1.54, 1.807) is 42.3 Å². The average Bonchev–Trinajstić information content (AvgIpc) is 2.38. The largest absolute Gasteiger partial charge is 0.384 e. The van der Waals surface area contributed by atoms with Crippen LogP contribution in [0.15, 0.2) is 48.5 Å². The molecule has 0 atom stereocenters. The van der Waals surface area contributed by atoms with Crippen molar-refractivity contribution in [1.29, 1.82) is 5.41 Å². The Bertz CT molecular complexity index is 564. The smallest absolute Gasteiger partial charge is 0.146 e. The first-order chi connectivity index (χ1) is 8.59. The van der Waals surface area contributed by atoms with Crippen molar-refractivity contribution in [2.24, 2.45) is 5.73 Å². The normalized spacial score (nSPS) is 10.1. The predicted octanol–water partition coefficient (Wildman–Crippen LogP) is 2.88. The van der Waals surface area contributed by atoms with Gasteiger partial charge in [-0.3, -0.25) is 5.41 Å². The molecule has 2 aromatic rings. The number of rotatable bonds is 3. The van der Waals surface area contributed by atoms with Crippen LogP contribution in [0.5, 0.6) is 0 Å². The number of para-hydroxylation sites is 1. The monoisotopic (exact) mass is 243 g/mol. The SMILES string of the molecule is CN(c1ccc(C(=N)N)cc1)c1ccccc1F. The number of nitrogens with two attached hydrogens (primary N) is 1. The van der Waals surface area contributed by atoms with Crippen LogP contribution in [0.25, 0.3) is 0 Å². The molecule has 0 aromatic heterocycles. The van der Waals surface area contributed by atoms with Crippen LogP contribution in [0.3, 0.4) is 0 Å². The fraction of sp³-hybridized carbons (Fsp3) is 0.0714. The van der Waals surface area contributed by atoms with Crippen LogP contribution >= 0.6 is 0 Å². The molecular weight excluding hydrogens is 229 g/mol. The van der Waals surface area contributed by atoms with Crippen molar-refractivity contribution in [2.75, 3.05) is 11.9 Å². The summed E-state index contributed by atoms with van der Waals surface area (Å²) in [5, 5.41) is 7.32. The quantitative estimate of drug-likeness (QED) is 0.643. The van der Waals surface area contributed by atoms with E-state index in [1.165, 1.54) is 6.07 Å². The van der Waals surface area contributed by atoms with E-state index in [2.05, 4.69) is 0 Å². The van der Waals surface area contributed by atoms with Gasteiger partial charge < -0.3 is 10.6 Å². The standard InChI is InChI=1S/C14H14FN3/c1-18(13-5-3-2-4-12(13)15)11-8-6-10(7-9-11)14(16)17/h2-9H,1H3,(H3,16,17). The molecule has 0 unspecified atom stereocenters. The zero-order chi connectivity index (χ0) is 13.1. The number of halogens is 1. The first kappa shape index (κ1) is 12.1. The lowest BCUT2D eigenvalue weighted by Gasteiger charge is -2.20. The van der Waals surface area contributed by atoms with Gasteiger partial charge in [-0.2, -0.15) is 0 Å². The number of hydrogen-bond donors (Lipinski definition) is 2. The van der Waals surface area contributed by atoms with Crippen molar-refractivity contribution in [2.45, 2.75) is 0 Å². The summed E-state index contributed by atoms with van der Waals surface area (Å²) in [6.07, 6.45) is 0. The summed E-state index contributed by atoms with van der Waals surface area (Å²) in [6.45, 7) is 0. The summed E-state index contributed by atoms with van der Waals surface area (Å²) < 4.78 is 13.6. The predicted molar refractivity (Wildman–Crippen MR) is 71.9 cm³/mol. The lowest BCUT2D eigenvalue weighted by molar-refractivity contribution is 0.627. The van der Waals surface area contributed by atoms with Crippen molar-refractivity contribution in [3.05, 3.63) is 59.9 Å².